The second-order valence-electron chi connectivity index (χ2n) is 4.96. The van der Waals surface area contributed by atoms with E-state index in [0.717, 1.165) is 20.9 Å². The van der Waals surface area contributed by atoms with E-state index in [9.17, 15) is 10.1 Å². The Hall–Kier alpha value is -2.22. The predicted molar refractivity (Wildman–Crippen MR) is 92.3 cm³/mol. The molecule has 1 aliphatic rings. The van der Waals surface area contributed by atoms with Crippen LogP contribution < -0.4 is 5.32 Å². The fourth-order valence-corrected chi connectivity index (χ4v) is 3.79. The van der Waals surface area contributed by atoms with Crippen molar-refractivity contribution in [1.29, 1.82) is 5.26 Å². The van der Waals surface area contributed by atoms with Crippen LogP contribution in [0.1, 0.15) is 18.1 Å². The zero-order chi connectivity index (χ0) is 16.4. The molecule has 0 bridgehead atoms. The molecule has 114 valence electrons. The number of halogens is 1. The van der Waals surface area contributed by atoms with Crippen LogP contribution in [0.2, 0.25) is 5.02 Å². The number of nitrogens with one attached hydrogen (secondary N) is 1. The maximum absolute atomic E-state index is 12.3. The Morgan fingerprint density at radius 2 is 1.96 bits per heavy atom. The second kappa shape index (κ2) is 6.49. The summed E-state index contributed by atoms with van der Waals surface area (Å²) in [6, 6.07) is 15.4. The van der Waals surface area contributed by atoms with Crippen molar-refractivity contribution in [3.05, 3.63) is 64.2 Å². The molecule has 0 aromatic heterocycles. The molecule has 1 N–H and O–H groups in total. The number of hydrogen-bond donors (Lipinski definition) is 1. The van der Waals surface area contributed by atoms with Gasteiger partial charge in [-0.1, -0.05) is 41.6 Å². The first-order chi connectivity index (χ1) is 11.2. The largest absolute Gasteiger partial charge is 0.352 e. The molecule has 2 aromatic carbocycles. The summed E-state index contributed by atoms with van der Waals surface area (Å²) in [5.41, 5.74) is 2.47. The minimum atomic E-state index is -0.363. The molecule has 0 saturated carbocycles. The van der Waals surface area contributed by atoms with Crippen LogP contribution in [0.15, 0.2) is 57.8 Å². The number of likely N-dealkylation sites (N-methyl/N-ethyl adjacent to an activating group) is 1. The Morgan fingerprint density at radius 1 is 1.22 bits per heavy atom. The van der Waals surface area contributed by atoms with Gasteiger partial charge in [-0.2, -0.15) is 5.26 Å². The van der Waals surface area contributed by atoms with Crippen LogP contribution in [-0.2, 0) is 4.79 Å². The van der Waals surface area contributed by atoms with Crippen LogP contribution in [0, 0.1) is 11.3 Å². The van der Waals surface area contributed by atoms with Gasteiger partial charge in [0.25, 0.3) is 5.91 Å². The van der Waals surface area contributed by atoms with Gasteiger partial charge < -0.3 is 5.32 Å². The number of amides is 1. The summed E-state index contributed by atoms with van der Waals surface area (Å²) < 4.78 is 0. The van der Waals surface area contributed by atoms with Gasteiger partial charge in [0.1, 0.15) is 11.6 Å². The van der Waals surface area contributed by atoms with E-state index in [1.165, 1.54) is 0 Å². The third-order valence-corrected chi connectivity index (χ3v) is 4.90. The van der Waals surface area contributed by atoms with E-state index in [0.29, 0.717) is 17.1 Å². The summed E-state index contributed by atoms with van der Waals surface area (Å²) in [6.07, 6.45) is 0. The highest BCUT2D eigenvalue weighted by Gasteiger charge is 2.26. The lowest BCUT2D eigenvalue weighted by Gasteiger charge is -2.23. The molecule has 0 radical (unpaired) electrons. The van der Waals surface area contributed by atoms with Crippen molar-refractivity contribution in [2.75, 3.05) is 6.54 Å². The fraction of sp³-hybridized carbons (Fsp3) is 0.111. The van der Waals surface area contributed by atoms with E-state index in [4.69, 9.17) is 11.6 Å². The highest BCUT2D eigenvalue weighted by atomic mass is 35.5. The summed E-state index contributed by atoms with van der Waals surface area (Å²) in [6.45, 7) is 2.29. The van der Waals surface area contributed by atoms with Crippen molar-refractivity contribution in [1.82, 2.24) is 5.32 Å². The minimum absolute atomic E-state index is 0.114. The van der Waals surface area contributed by atoms with Crippen molar-refractivity contribution in [2.45, 2.75) is 16.7 Å². The van der Waals surface area contributed by atoms with Crippen LogP contribution in [-0.4, -0.2) is 12.5 Å². The van der Waals surface area contributed by atoms with E-state index in [1.54, 1.807) is 11.8 Å². The highest BCUT2D eigenvalue weighted by molar-refractivity contribution is 7.99. The summed E-state index contributed by atoms with van der Waals surface area (Å²) in [5.74, 6) is -0.363. The van der Waals surface area contributed by atoms with Crippen LogP contribution in [0.3, 0.4) is 0 Å². The van der Waals surface area contributed by atoms with Crippen LogP contribution in [0.25, 0.3) is 5.57 Å². The molecule has 1 amide bonds. The molecule has 0 aliphatic carbocycles. The maximum Gasteiger partial charge on any atom is 0.262 e. The Bertz CT molecular complexity index is 868. The molecule has 0 saturated heterocycles. The van der Waals surface area contributed by atoms with Gasteiger partial charge >= 0.3 is 0 Å². The maximum atomic E-state index is 12.3. The Labute approximate surface area is 144 Å². The van der Waals surface area contributed by atoms with Gasteiger partial charge in [-0.05, 0) is 42.3 Å². The lowest BCUT2D eigenvalue weighted by Crippen LogP contribution is -2.25. The second-order valence-corrected chi connectivity index (χ2v) is 6.48. The van der Waals surface area contributed by atoms with Gasteiger partial charge in [-0.25, -0.2) is 0 Å². The molecule has 1 heterocycles. The lowest BCUT2D eigenvalue weighted by atomic mass is 9.92. The smallest absolute Gasteiger partial charge is 0.262 e. The van der Waals surface area contributed by atoms with Gasteiger partial charge in [0, 0.05) is 26.9 Å². The standard InChI is InChI=1S/C18H13ClN2OS/c1-2-21-18(22)14(10-20)17-12-5-3-4-6-15(12)23-16-8-7-11(19)9-13(16)17/h3-9H,2H2,1H3,(H,21,22)/b17-14+. The lowest BCUT2D eigenvalue weighted by molar-refractivity contribution is -0.116. The highest BCUT2D eigenvalue weighted by Crippen LogP contribution is 2.47. The molecule has 0 unspecified atom stereocenters. The molecule has 3 rings (SSSR count). The van der Waals surface area contributed by atoms with Crippen molar-refractivity contribution in [2.24, 2.45) is 0 Å². The zero-order valence-electron chi connectivity index (χ0n) is 12.4. The number of fused-ring (bicyclic) bond motifs is 2. The monoisotopic (exact) mass is 340 g/mol. The van der Waals surface area contributed by atoms with Gasteiger partial charge in [-0.3, -0.25) is 4.79 Å². The normalized spacial score (nSPS) is 14.3. The predicted octanol–water partition coefficient (Wildman–Crippen LogP) is 4.27. The number of rotatable bonds is 2. The van der Waals surface area contributed by atoms with Gasteiger partial charge in [0.05, 0.1) is 0 Å². The Kier molecular flexibility index (Phi) is 4.42. The molecule has 5 heteroatoms. The SMILES string of the molecule is CCNC(=O)/C(C#N)=C1\c2ccccc2Sc2ccc(Cl)cc21. The molecule has 1 aliphatic heterocycles. The molecule has 2 aromatic rings. The summed E-state index contributed by atoms with van der Waals surface area (Å²) in [7, 11) is 0. The number of carbonyl (C=O) groups is 1. The number of hydrogen-bond acceptors (Lipinski definition) is 3. The number of benzene rings is 2. The average molecular weight is 341 g/mol. The van der Waals surface area contributed by atoms with E-state index >= 15 is 0 Å². The van der Waals surface area contributed by atoms with E-state index in [2.05, 4.69) is 11.4 Å². The third-order valence-electron chi connectivity index (χ3n) is 3.51. The van der Waals surface area contributed by atoms with Crippen LogP contribution in [0.5, 0.6) is 0 Å². The molecule has 0 spiro atoms. The first kappa shape index (κ1) is 15.7. The van der Waals surface area contributed by atoms with Crippen molar-refractivity contribution < 1.29 is 4.79 Å². The number of carbonyl (C=O) groups excluding carboxylic acids is 1. The summed E-state index contributed by atoms with van der Waals surface area (Å²) >= 11 is 7.76. The van der Waals surface area contributed by atoms with Crippen molar-refractivity contribution in [3.63, 3.8) is 0 Å². The van der Waals surface area contributed by atoms with E-state index in [1.807, 2.05) is 49.4 Å². The van der Waals surface area contributed by atoms with Crippen molar-refractivity contribution >= 4 is 34.8 Å². The molecular weight excluding hydrogens is 328 g/mol. The first-order valence-corrected chi connectivity index (χ1v) is 8.35. The molecule has 3 nitrogen and oxygen atoms in total. The van der Waals surface area contributed by atoms with E-state index < -0.39 is 0 Å². The third kappa shape index (κ3) is 2.86. The minimum Gasteiger partial charge on any atom is -0.352 e. The van der Waals surface area contributed by atoms with Crippen LogP contribution >= 0.6 is 23.4 Å². The van der Waals surface area contributed by atoms with Gasteiger partial charge in [0.15, 0.2) is 0 Å². The number of nitrogens with zero attached hydrogens (tertiary/aromatic N) is 1. The molecule has 0 atom stereocenters. The number of nitriles is 1. The molecule has 0 fully saturated rings. The Balaban J connectivity index is 2.33. The van der Waals surface area contributed by atoms with E-state index in [-0.39, 0.29) is 11.5 Å². The summed E-state index contributed by atoms with van der Waals surface area (Å²) in [4.78, 5) is 14.4. The molecular formula is C18H13ClN2OS. The van der Waals surface area contributed by atoms with Gasteiger partial charge in [-0.15, -0.1) is 0 Å². The Morgan fingerprint density at radius 3 is 2.70 bits per heavy atom. The quantitative estimate of drug-likeness (QED) is 0.560. The van der Waals surface area contributed by atoms with Crippen molar-refractivity contribution in [3.8, 4) is 6.07 Å². The van der Waals surface area contributed by atoms with Gasteiger partial charge in [0.2, 0.25) is 0 Å². The average Bonchev–Trinajstić information content (AvgIpc) is 2.55. The summed E-state index contributed by atoms with van der Waals surface area (Å²) in [5, 5.41) is 12.9. The molecule has 23 heavy (non-hydrogen) atoms. The first-order valence-electron chi connectivity index (χ1n) is 7.15. The van der Waals surface area contributed by atoms with Crippen LogP contribution in [0.4, 0.5) is 0 Å². The topological polar surface area (TPSA) is 52.9 Å². The zero-order valence-corrected chi connectivity index (χ0v) is 14.0. The fourth-order valence-electron chi connectivity index (χ4n) is 2.55.